The van der Waals surface area contributed by atoms with Crippen molar-refractivity contribution in [3.8, 4) is 5.69 Å². The maximum absolute atomic E-state index is 12.5. The number of aromatic carboxylic acids is 1. The lowest BCUT2D eigenvalue weighted by atomic mass is 10.1. The lowest BCUT2D eigenvalue weighted by molar-refractivity contribution is 0.0696. The molecule has 0 aliphatic carbocycles. The topological polar surface area (TPSA) is 96.8 Å². The van der Waals surface area contributed by atoms with Crippen LogP contribution in [0.3, 0.4) is 0 Å². The minimum absolute atomic E-state index is 0.179. The lowest BCUT2D eigenvalue weighted by Gasteiger charge is -2.13. The molecular weight excluding hydrogens is 601 g/mol. The molecule has 0 aliphatic rings. The van der Waals surface area contributed by atoms with Gasteiger partial charge in [-0.25, -0.2) is 10.2 Å². The van der Waals surface area contributed by atoms with Crippen molar-refractivity contribution in [3.63, 3.8) is 0 Å². The molecule has 0 atom stereocenters. The van der Waals surface area contributed by atoms with Gasteiger partial charge < -0.3 is 14.1 Å². The summed E-state index contributed by atoms with van der Waals surface area (Å²) in [7, 11) is 0. The number of hydrogen-bond donors (Lipinski definition) is 2. The predicted molar refractivity (Wildman–Crippen MR) is 139 cm³/mol. The van der Waals surface area contributed by atoms with Crippen LogP contribution >= 0.6 is 38.5 Å². The Balaban J connectivity index is 1.56. The number of carboxylic acid groups (broad SMARTS) is 1. The molecule has 168 valence electrons. The van der Waals surface area contributed by atoms with Crippen LogP contribution in [0.2, 0.25) is 0 Å². The van der Waals surface area contributed by atoms with Gasteiger partial charge in [-0.3, -0.25) is 4.79 Å². The summed E-state index contributed by atoms with van der Waals surface area (Å²) < 4.78 is 9.55. The Morgan fingerprint density at radius 3 is 2.61 bits per heavy atom. The van der Waals surface area contributed by atoms with E-state index >= 15 is 0 Å². The normalized spacial score (nSPS) is 11.4. The van der Waals surface area contributed by atoms with Gasteiger partial charge in [-0.1, -0.05) is 15.9 Å². The summed E-state index contributed by atoms with van der Waals surface area (Å²) in [6.07, 6.45) is 1.58. The highest BCUT2D eigenvalue weighted by Gasteiger charge is 2.15. The van der Waals surface area contributed by atoms with Crippen LogP contribution in [0.15, 0.2) is 56.5 Å². The number of hydrogen-bond acceptors (Lipinski definition) is 4. The summed E-state index contributed by atoms with van der Waals surface area (Å²) in [6.45, 7) is 5.78. The summed E-state index contributed by atoms with van der Waals surface area (Å²) >= 11 is 5.61. The van der Waals surface area contributed by atoms with Crippen LogP contribution in [0, 0.1) is 24.3 Å². The fourth-order valence-electron chi connectivity index (χ4n) is 3.73. The molecule has 0 saturated heterocycles. The van der Waals surface area contributed by atoms with E-state index in [4.69, 9.17) is 4.42 Å². The van der Waals surface area contributed by atoms with Crippen molar-refractivity contribution in [2.24, 2.45) is 5.10 Å². The van der Waals surface area contributed by atoms with Crippen molar-refractivity contribution in [1.82, 2.24) is 9.99 Å². The van der Waals surface area contributed by atoms with Crippen LogP contribution in [-0.4, -0.2) is 27.8 Å². The molecule has 0 aliphatic heterocycles. The van der Waals surface area contributed by atoms with E-state index in [2.05, 4.69) is 49.0 Å². The average molecular weight is 620 g/mol. The zero-order chi connectivity index (χ0) is 23.9. The van der Waals surface area contributed by atoms with Gasteiger partial charge in [-0.05, 0) is 91.4 Å². The van der Waals surface area contributed by atoms with Gasteiger partial charge in [-0.15, -0.1) is 0 Å². The summed E-state index contributed by atoms with van der Waals surface area (Å²) in [4.78, 5) is 23.8. The monoisotopic (exact) mass is 619 g/mol. The number of amides is 1. The second kappa shape index (κ2) is 9.14. The number of carbonyl (C=O) groups is 2. The van der Waals surface area contributed by atoms with Gasteiger partial charge in [0.25, 0.3) is 0 Å². The highest BCUT2D eigenvalue weighted by molar-refractivity contribution is 14.1. The second-order valence-corrected chi connectivity index (χ2v) is 9.66. The third-order valence-corrected chi connectivity index (χ3v) is 6.54. The molecule has 2 aromatic carbocycles. The molecule has 2 heterocycles. The van der Waals surface area contributed by atoms with Gasteiger partial charge in [-0.2, -0.15) is 5.10 Å². The summed E-state index contributed by atoms with van der Waals surface area (Å²) in [5.74, 6) is -1.22. The molecule has 0 fully saturated rings. The van der Waals surface area contributed by atoms with Crippen molar-refractivity contribution < 1.29 is 19.1 Å². The summed E-state index contributed by atoms with van der Waals surface area (Å²) in [5.41, 5.74) is 7.86. The fourth-order valence-corrected chi connectivity index (χ4v) is 5.39. The van der Waals surface area contributed by atoms with E-state index in [0.29, 0.717) is 5.58 Å². The Morgan fingerprint density at radius 2 is 1.91 bits per heavy atom. The number of furan rings is 1. The Kier molecular flexibility index (Phi) is 6.44. The maximum Gasteiger partial charge on any atom is 0.335 e. The molecular formula is C24H19BrIN3O4. The molecule has 0 unspecified atom stereocenters. The number of carbonyl (C=O) groups excluding carboxylic acids is 1. The van der Waals surface area contributed by atoms with E-state index in [1.807, 2.05) is 43.5 Å². The number of nitrogens with zero attached hydrogens (tertiary/aromatic N) is 2. The fraction of sp³-hybridized carbons (Fsp3) is 0.125. The van der Waals surface area contributed by atoms with E-state index in [1.54, 1.807) is 30.5 Å². The number of carboxylic acids is 1. The highest BCUT2D eigenvalue weighted by atomic mass is 127. The average Bonchev–Trinajstić information content (AvgIpc) is 3.29. The number of fused-ring (bicyclic) bond motifs is 1. The van der Waals surface area contributed by atoms with E-state index in [0.717, 1.165) is 41.6 Å². The predicted octanol–water partition coefficient (Wildman–Crippen LogP) is 5.98. The third-order valence-electron chi connectivity index (χ3n) is 5.28. The number of rotatable bonds is 5. The van der Waals surface area contributed by atoms with E-state index < -0.39 is 11.9 Å². The van der Waals surface area contributed by atoms with E-state index in [-0.39, 0.29) is 11.3 Å². The Hall–Kier alpha value is -2.92. The molecule has 0 saturated carbocycles. The van der Waals surface area contributed by atoms with Gasteiger partial charge in [0.05, 0.1) is 15.3 Å². The zero-order valence-electron chi connectivity index (χ0n) is 17.9. The first-order chi connectivity index (χ1) is 15.7. The summed E-state index contributed by atoms with van der Waals surface area (Å²) in [5, 5.41) is 14.1. The highest BCUT2D eigenvalue weighted by Crippen LogP contribution is 2.28. The van der Waals surface area contributed by atoms with Crippen LogP contribution in [0.1, 0.15) is 43.4 Å². The molecule has 33 heavy (non-hydrogen) atoms. The standard InChI is InChI=1S/C24H19BrIN3O4/c1-12-6-15(24(31)32)4-5-20(12)29-13(2)7-17(14(29)3)11-27-28-23(30)21-9-16-8-18(25)10-19(26)22(16)33-21/h4-11H,1-3H3,(H,28,30)(H,31,32)/b27-11-. The van der Waals surface area contributed by atoms with E-state index in [1.165, 1.54) is 0 Å². The van der Waals surface area contributed by atoms with Crippen molar-refractivity contribution in [1.29, 1.82) is 0 Å². The van der Waals surface area contributed by atoms with Crippen molar-refractivity contribution in [2.45, 2.75) is 20.8 Å². The van der Waals surface area contributed by atoms with Gasteiger partial charge in [0, 0.05) is 32.5 Å². The first kappa shape index (κ1) is 23.2. The number of aromatic nitrogens is 1. The number of hydrazone groups is 1. The molecule has 2 N–H and O–H groups in total. The van der Waals surface area contributed by atoms with Crippen molar-refractivity contribution in [2.75, 3.05) is 0 Å². The smallest absolute Gasteiger partial charge is 0.335 e. The lowest BCUT2D eigenvalue weighted by Crippen LogP contribution is -2.16. The number of aryl methyl sites for hydroxylation is 2. The Labute approximate surface area is 211 Å². The summed E-state index contributed by atoms with van der Waals surface area (Å²) in [6, 6.07) is 12.5. The van der Waals surface area contributed by atoms with E-state index in [9.17, 15) is 14.7 Å². The molecule has 9 heteroatoms. The van der Waals surface area contributed by atoms with Gasteiger partial charge in [0.15, 0.2) is 5.76 Å². The van der Waals surface area contributed by atoms with Crippen molar-refractivity contribution >= 4 is 67.6 Å². The molecule has 2 aromatic heterocycles. The van der Waals surface area contributed by atoms with Gasteiger partial charge in [0.1, 0.15) is 5.58 Å². The van der Waals surface area contributed by atoms with Crippen LogP contribution in [0.25, 0.3) is 16.7 Å². The minimum Gasteiger partial charge on any atom is -0.478 e. The van der Waals surface area contributed by atoms with Crippen molar-refractivity contribution in [3.05, 3.63) is 84.3 Å². The van der Waals surface area contributed by atoms with Crippen LogP contribution in [0.5, 0.6) is 0 Å². The zero-order valence-corrected chi connectivity index (χ0v) is 21.7. The van der Waals surface area contributed by atoms with Gasteiger partial charge in [0.2, 0.25) is 0 Å². The van der Waals surface area contributed by atoms with Crippen LogP contribution in [0.4, 0.5) is 0 Å². The SMILES string of the molecule is Cc1cc(C(=O)O)ccc1-n1c(C)cc(/C=N\NC(=O)c2cc3cc(Br)cc(I)c3o2)c1C. The maximum atomic E-state index is 12.5. The number of benzene rings is 2. The van der Waals surface area contributed by atoms with Gasteiger partial charge >= 0.3 is 11.9 Å². The van der Waals surface area contributed by atoms with Crippen LogP contribution in [-0.2, 0) is 0 Å². The quantitative estimate of drug-likeness (QED) is 0.163. The molecule has 0 spiro atoms. The first-order valence-corrected chi connectivity index (χ1v) is 11.8. The van der Waals surface area contributed by atoms with Crippen LogP contribution < -0.4 is 5.43 Å². The molecule has 4 rings (SSSR count). The largest absolute Gasteiger partial charge is 0.478 e. The molecule has 1 amide bonds. The molecule has 0 bridgehead atoms. The first-order valence-electron chi connectivity index (χ1n) is 9.91. The third kappa shape index (κ3) is 4.60. The number of halogens is 2. The Morgan fingerprint density at radius 1 is 1.15 bits per heavy atom. The Bertz CT molecular complexity index is 1450. The second-order valence-electron chi connectivity index (χ2n) is 7.58. The molecule has 7 nitrogen and oxygen atoms in total. The minimum atomic E-state index is -0.957. The molecule has 0 radical (unpaired) electrons. The molecule has 4 aromatic rings. The number of nitrogens with one attached hydrogen (secondary N) is 1.